The standard InChI is InChI=1S/C14H20ClN3O/c1-10-8-18(7-6-16-10)9-14(19)17-13-5-3-4-12(15)11(13)2/h3-5,10,16H,6-9H2,1-2H3,(H,17,19)/t10-/m0/s1. The molecule has 2 N–H and O–H groups in total. The first-order chi connectivity index (χ1) is 9.06. The van der Waals surface area contributed by atoms with Gasteiger partial charge in [0.2, 0.25) is 5.91 Å². The molecule has 1 aliphatic rings. The highest BCUT2D eigenvalue weighted by Gasteiger charge is 2.18. The maximum Gasteiger partial charge on any atom is 0.238 e. The number of hydrogen-bond donors (Lipinski definition) is 2. The van der Waals surface area contributed by atoms with Crippen molar-refractivity contribution < 1.29 is 4.79 Å². The predicted molar refractivity (Wildman–Crippen MR) is 78.7 cm³/mol. The lowest BCUT2D eigenvalue weighted by Crippen LogP contribution is -2.51. The van der Waals surface area contributed by atoms with Crippen LogP contribution in [0.1, 0.15) is 12.5 Å². The fraction of sp³-hybridized carbons (Fsp3) is 0.500. The minimum atomic E-state index is 0.0134. The fourth-order valence-electron chi connectivity index (χ4n) is 2.29. The maximum atomic E-state index is 12.0. The second kappa shape index (κ2) is 6.37. The van der Waals surface area contributed by atoms with Crippen molar-refractivity contribution in [2.45, 2.75) is 19.9 Å². The van der Waals surface area contributed by atoms with Gasteiger partial charge in [-0.15, -0.1) is 0 Å². The molecule has 1 aromatic rings. The van der Waals surface area contributed by atoms with Crippen LogP contribution >= 0.6 is 11.6 Å². The zero-order chi connectivity index (χ0) is 13.8. The number of anilines is 1. The molecule has 0 aromatic heterocycles. The molecule has 0 unspecified atom stereocenters. The Labute approximate surface area is 119 Å². The number of nitrogens with zero attached hydrogens (tertiary/aromatic N) is 1. The van der Waals surface area contributed by atoms with E-state index < -0.39 is 0 Å². The van der Waals surface area contributed by atoms with Crippen molar-refractivity contribution in [2.24, 2.45) is 0 Å². The highest BCUT2D eigenvalue weighted by atomic mass is 35.5. The Bertz CT molecular complexity index is 464. The molecule has 1 amide bonds. The molecule has 1 fully saturated rings. The van der Waals surface area contributed by atoms with Crippen LogP contribution in [-0.2, 0) is 4.79 Å². The Morgan fingerprint density at radius 2 is 2.37 bits per heavy atom. The largest absolute Gasteiger partial charge is 0.325 e. The van der Waals surface area contributed by atoms with Gasteiger partial charge < -0.3 is 10.6 Å². The molecule has 0 radical (unpaired) electrons. The first-order valence-electron chi connectivity index (χ1n) is 6.57. The highest BCUT2D eigenvalue weighted by molar-refractivity contribution is 6.31. The molecule has 1 saturated heterocycles. The van der Waals surface area contributed by atoms with Gasteiger partial charge in [-0.1, -0.05) is 17.7 Å². The molecule has 1 aromatic carbocycles. The lowest BCUT2D eigenvalue weighted by molar-refractivity contribution is -0.117. The molecule has 0 spiro atoms. The summed E-state index contributed by atoms with van der Waals surface area (Å²) in [6.07, 6.45) is 0. The van der Waals surface area contributed by atoms with Crippen molar-refractivity contribution in [3.8, 4) is 0 Å². The van der Waals surface area contributed by atoms with E-state index in [0.717, 1.165) is 30.9 Å². The van der Waals surface area contributed by atoms with Gasteiger partial charge in [-0.3, -0.25) is 9.69 Å². The average Bonchev–Trinajstić information content (AvgIpc) is 2.35. The van der Waals surface area contributed by atoms with Gasteiger partial charge in [-0.2, -0.15) is 0 Å². The van der Waals surface area contributed by atoms with E-state index in [-0.39, 0.29) is 5.91 Å². The summed E-state index contributed by atoms with van der Waals surface area (Å²) < 4.78 is 0. The molecular weight excluding hydrogens is 262 g/mol. The van der Waals surface area contributed by atoms with E-state index in [1.165, 1.54) is 0 Å². The summed E-state index contributed by atoms with van der Waals surface area (Å²) in [6, 6.07) is 5.98. The summed E-state index contributed by atoms with van der Waals surface area (Å²) in [4.78, 5) is 14.2. The number of nitrogens with one attached hydrogen (secondary N) is 2. The van der Waals surface area contributed by atoms with E-state index in [9.17, 15) is 4.79 Å². The monoisotopic (exact) mass is 281 g/mol. The molecule has 19 heavy (non-hydrogen) atoms. The third-order valence-corrected chi connectivity index (χ3v) is 3.77. The summed E-state index contributed by atoms with van der Waals surface area (Å²) in [5, 5.41) is 6.96. The van der Waals surface area contributed by atoms with Crippen LogP contribution in [0.5, 0.6) is 0 Å². The molecule has 104 valence electrons. The smallest absolute Gasteiger partial charge is 0.238 e. The Morgan fingerprint density at radius 1 is 1.58 bits per heavy atom. The topological polar surface area (TPSA) is 44.4 Å². The van der Waals surface area contributed by atoms with Crippen molar-refractivity contribution in [2.75, 3.05) is 31.5 Å². The van der Waals surface area contributed by atoms with Crippen LogP contribution in [0.2, 0.25) is 5.02 Å². The van der Waals surface area contributed by atoms with Gasteiger partial charge in [-0.25, -0.2) is 0 Å². The van der Waals surface area contributed by atoms with Crippen molar-refractivity contribution in [1.82, 2.24) is 10.2 Å². The second-order valence-electron chi connectivity index (χ2n) is 5.05. The number of benzene rings is 1. The SMILES string of the molecule is Cc1c(Cl)cccc1NC(=O)CN1CCN[C@@H](C)C1. The van der Waals surface area contributed by atoms with Gasteiger partial charge in [0.05, 0.1) is 6.54 Å². The molecule has 2 rings (SSSR count). The third kappa shape index (κ3) is 3.93. The van der Waals surface area contributed by atoms with Crippen LogP contribution in [0.3, 0.4) is 0 Å². The first-order valence-corrected chi connectivity index (χ1v) is 6.95. The molecule has 0 bridgehead atoms. The van der Waals surface area contributed by atoms with E-state index in [4.69, 9.17) is 11.6 Å². The highest BCUT2D eigenvalue weighted by Crippen LogP contribution is 2.22. The molecular formula is C14H20ClN3O. The Hall–Kier alpha value is -1.10. The lowest BCUT2D eigenvalue weighted by Gasteiger charge is -2.31. The van der Waals surface area contributed by atoms with E-state index in [0.29, 0.717) is 17.6 Å². The van der Waals surface area contributed by atoms with Crippen LogP contribution in [0.25, 0.3) is 0 Å². The van der Waals surface area contributed by atoms with Gasteiger partial charge in [0.15, 0.2) is 0 Å². The van der Waals surface area contributed by atoms with Gasteiger partial charge in [0.25, 0.3) is 0 Å². The van der Waals surface area contributed by atoms with Gasteiger partial charge in [0.1, 0.15) is 0 Å². The predicted octanol–water partition coefficient (Wildman–Crippen LogP) is 1.88. The van der Waals surface area contributed by atoms with Gasteiger partial charge in [0, 0.05) is 36.4 Å². The molecule has 4 nitrogen and oxygen atoms in total. The first kappa shape index (κ1) is 14.3. The van der Waals surface area contributed by atoms with E-state index >= 15 is 0 Å². The Balaban J connectivity index is 1.92. The van der Waals surface area contributed by atoms with Crippen molar-refractivity contribution in [3.63, 3.8) is 0 Å². The van der Waals surface area contributed by atoms with Crippen molar-refractivity contribution in [3.05, 3.63) is 28.8 Å². The maximum absolute atomic E-state index is 12.0. The van der Waals surface area contributed by atoms with Crippen LogP contribution < -0.4 is 10.6 Å². The zero-order valence-electron chi connectivity index (χ0n) is 11.4. The summed E-state index contributed by atoms with van der Waals surface area (Å²) in [5.74, 6) is 0.0134. The minimum absolute atomic E-state index is 0.0134. The van der Waals surface area contributed by atoms with E-state index in [2.05, 4.69) is 22.5 Å². The molecule has 0 saturated carbocycles. The van der Waals surface area contributed by atoms with E-state index in [1.54, 1.807) is 0 Å². The average molecular weight is 282 g/mol. The molecule has 5 heteroatoms. The summed E-state index contributed by atoms with van der Waals surface area (Å²) in [5.41, 5.74) is 1.70. The number of halogens is 1. The number of rotatable bonds is 3. The van der Waals surface area contributed by atoms with Crippen molar-refractivity contribution >= 4 is 23.2 Å². The minimum Gasteiger partial charge on any atom is -0.325 e. The zero-order valence-corrected chi connectivity index (χ0v) is 12.1. The fourth-order valence-corrected chi connectivity index (χ4v) is 2.47. The summed E-state index contributed by atoms with van der Waals surface area (Å²) in [7, 11) is 0. The Kier molecular flexibility index (Phi) is 4.80. The number of carbonyl (C=O) groups excluding carboxylic acids is 1. The summed E-state index contributed by atoms with van der Waals surface area (Å²) in [6.45, 7) is 7.22. The van der Waals surface area contributed by atoms with Crippen LogP contribution in [0.15, 0.2) is 18.2 Å². The Morgan fingerprint density at radius 3 is 3.11 bits per heavy atom. The number of piperazine rings is 1. The normalized spacial score (nSPS) is 20.3. The molecule has 1 atom stereocenters. The number of hydrogen-bond acceptors (Lipinski definition) is 3. The van der Waals surface area contributed by atoms with Crippen LogP contribution in [-0.4, -0.2) is 43.0 Å². The van der Waals surface area contributed by atoms with Crippen LogP contribution in [0, 0.1) is 6.92 Å². The van der Waals surface area contributed by atoms with Crippen LogP contribution in [0.4, 0.5) is 5.69 Å². The molecule has 0 aliphatic carbocycles. The third-order valence-electron chi connectivity index (χ3n) is 3.36. The van der Waals surface area contributed by atoms with Gasteiger partial charge >= 0.3 is 0 Å². The van der Waals surface area contributed by atoms with Crippen molar-refractivity contribution in [1.29, 1.82) is 0 Å². The van der Waals surface area contributed by atoms with E-state index in [1.807, 2.05) is 25.1 Å². The summed E-state index contributed by atoms with van der Waals surface area (Å²) >= 11 is 6.04. The van der Waals surface area contributed by atoms with Gasteiger partial charge in [-0.05, 0) is 31.5 Å². The quantitative estimate of drug-likeness (QED) is 0.889. The second-order valence-corrected chi connectivity index (χ2v) is 5.46. The molecule has 1 aliphatic heterocycles. The number of carbonyl (C=O) groups is 1. The lowest BCUT2D eigenvalue weighted by atomic mass is 10.2. The number of amides is 1. The molecule has 1 heterocycles.